The number of carbonyl (C=O) groups is 1. The van der Waals surface area contributed by atoms with Gasteiger partial charge >= 0.3 is 5.97 Å². The Hall–Kier alpha value is -1.35. The highest BCUT2D eigenvalue weighted by Gasteiger charge is 2.14. The zero-order valence-electron chi connectivity index (χ0n) is 13.4. The molecule has 0 fully saturated rings. The van der Waals surface area contributed by atoms with Crippen molar-refractivity contribution in [2.75, 3.05) is 13.2 Å². The molecule has 0 bridgehead atoms. The van der Waals surface area contributed by atoms with Gasteiger partial charge in [0, 0.05) is 6.42 Å². The average Bonchev–Trinajstić information content (AvgIpc) is 2.48. The summed E-state index contributed by atoms with van der Waals surface area (Å²) in [6.45, 7) is 5.57. The molecule has 3 nitrogen and oxygen atoms in total. The fraction of sp³-hybridized carbons (Fsp3) is 0.611. The van der Waals surface area contributed by atoms with Gasteiger partial charge in [-0.1, -0.05) is 44.2 Å². The third kappa shape index (κ3) is 7.86. The van der Waals surface area contributed by atoms with Gasteiger partial charge in [0.15, 0.2) is 0 Å². The number of carbonyl (C=O) groups excluding carboxylic acids is 1. The maximum atomic E-state index is 11.7. The van der Waals surface area contributed by atoms with E-state index < -0.39 is 0 Å². The van der Waals surface area contributed by atoms with Crippen molar-refractivity contribution in [1.82, 2.24) is 0 Å². The quantitative estimate of drug-likeness (QED) is 0.529. The van der Waals surface area contributed by atoms with Crippen molar-refractivity contribution in [2.24, 2.45) is 17.6 Å². The van der Waals surface area contributed by atoms with Gasteiger partial charge in [-0.2, -0.15) is 0 Å². The molecule has 0 amide bonds. The van der Waals surface area contributed by atoms with Crippen LogP contribution in [0.2, 0.25) is 0 Å². The Labute approximate surface area is 128 Å². The van der Waals surface area contributed by atoms with Crippen LogP contribution in [0.1, 0.15) is 45.1 Å². The third-order valence-corrected chi connectivity index (χ3v) is 3.92. The molecule has 0 aliphatic rings. The second-order valence-electron chi connectivity index (χ2n) is 5.93. The molecule has 1 aromatic rings. The van der Waals surface area contributed by atoms with Gasteiger partial charge in [0.25, 0.3) is 0 Å². The molecule has 0 saturated carbocycles. The zero-order chi connectivity index (χ0) is 15.5. The molecule has 0 aliphatic carbocycles. The van der Waals surface area contributed by atoms with E-state index in [1.807, 2.05) is 18.2 Å². The maximum Gasteiger partial charge on any atom is 0.305 e. The zero-order valence-corrected chi connectivity index (χ0v) is 13.4. The summed E-state index contributed by atoms with van der Waals surface area (Å²) in [6.07, 6.45) is 4.21. The summed E-state index contributed by atoms with van der Waals surface area (Å²) in [4.78, 5) is 11.7. The van der Waals surface area contributed by atoms with E-state index in [0.717, 1.165) is 25.7 Å². The molecule has 21 heavy (non-hydrogen) atoms. The Kier molecular flexibility index (Phi) is 8.76. The van der Waals surface area contributed by atoms with Crippen molar-refractivity contribution < 1.29 is 9.53 Å². The first-order valence-electron chi connectivity index (χ1n) is 8.03. The van der Waals surface area contributed by atoms with Gasteiger partial charge in [0.1, 0.15) is 0 Å². The van der Waals surface area contributed by atoms with E-state index in [1.54, 1.807) is 0 Å². The lowest BCUT2D eigenvalue weighted by Crippen LogP contribution is -2.16. The monoisotopic (exact) mass is 291 g/mol. The predicted molar refractivity (Wildman–Crippen MR) is 87.0 cm³/mol. The van der Waals surface area contributed by atoms with Gasteiger partial charge in [0.2, 0.25) is 0 Å². The number of esters is 1. The molecule has 2 N–H and O–H groups in total. The van der Waals surface area contributed by atoms with Crippen molar-refractivity contribution in [1.29, 1.82) is 0 Å². The molecule has 0 aromatic heterocycles. The lowest BCUT2D eigenvalue weighted by molar-refractivity contribution is -0.144. The molecule has 0 aliphatic heterocycles. The molecule has 118 valence electrons. The molecular formula is C18H29NO2. The van der Waals surface area contributed by atoms with Crippen molar-refractivity contribution in [3.8, 4) is 0 Å². The highest BCUT2D eigenvalue weighted by atomic mass is 16.5. The fourth-order valence-electron chi connectivity index (χ4n) is 2.51. The summed E-state index contributed by atoms with van der Waals surface area (Å²) in [5, 5.41) is 0. The number of ether oxygens (including phenoxy) is 1. The molecule has 0 radical (unpaired) electrons. The van der Waals surface area contributed by atoms with E-state index in [-0.39, 0.29) is 5.97 Å². The van der Waals surface area contributed by atoms with E-state index in [0.29, 0.717) is 31.4 Å². The molecule has 0 spiro atoms. The molecule has 1 atom stereocenters. The van der Waals surface area contributed by atoms with Crippen LogP contribution in [0.3, 0.4) is 0 Å². The van der Waals surface area contributed by atoms with Crippen LogP contribution in [0.4, 0.5) is 0 Å². The largest absolute Gasteiger partial charge is 0.466 e. The van der Waals surface area contributed by atoms with Gasteiger partial charge in [-0.15, -0.1) is 0 Å². The van der Waals surface area contributed by atoms with Crippen molar-refractivity contribution in [3.05, 3.63) is 35.9 Å². The second-order valence-corrected chi connectivity index (χ2v) is 5.93. The first-order chi connectivity index (χ1) is 10.1. The Morgan fingerprint density at radius 2 is 1.90 bits per heavy atom. The molecular weight excluding hydrogens is 262 g/mol. The van der Waals surface area contributed by atoms with Crippen LogP contribution in [-0.4, -0.2) is 19.1 Å². The van der Waals surface area contributed by atoms with E-state index in [1.165, 1.54) is 5.56 Å². The van der Waals surface area contributed by atoms with Crippen LogP contribution in [0, 0.1) is 11.8 Å². The van der Waals surface area contributed by atoms with Crippen LogP contribution in [-0.2, 0) is 16.0 Å². The van der Waals surface area contributed by atoms with Crippen LogP contribution in [0.15, 0.2) is 30.3 Å². The van der Waals surface area contributed by atoms with Gasteiger partial charge in [-0.05, 0) is 49.6 Å². The average molecular weight is 291 g/mol. The van der Waals surface area contributed by atoms with Gasteiger partial charge < -0.3 is 10.5 Å². The van der Waals surface area contributed by atoms with Crippen molar-refractivity contribution >= 4 is 5.97 Å². The van der Waals surface area contributed by atoms with Gasteiger partial charge in [0.05, 0.1) is 6.61 Å². The third-order valence-electron chi connectivity index (χ3n) is 3.92. The van der Waals surface area contributed by atoms with E-state index in [9.17, 15) is 4.79 Å². The summed E-state index contributed by atoms with van der Waals surface area (Å²) in [5.41, 5.74) is 6.90. The minimum Gasteiger partial charge on any atom is -0.466 e. The number of nitrogens with two attached hydrogens (primary N) is 1. The maximum absolute atomic E-state index is 11.7. The first kappa shape index (κ1) is 17.7. The Bertz CT molecular complexity index is 389. The minimum absolute atomic E-state index is 0.0780. The highest BCUT2D eigenvalue weighted by molar-refractivity contribution is 5.69. The molecule has 0 saturated heterocycles. The number of hydrogen-bond acceptors (Lipinski definition) is 3. The first-order valence-corrected chi connectivity index (χ1v) is 8.03. The summed E-state index contributed by atoms with van der Waals surface area (Å²) < 4.78 is 5.30. The van der Waals surface area contributed by atoms with Gasteiger partial charge in [-0.3, -0.25) is 4.79 Å². The van der Waals surface area contributed by atoms with Crippen molar-refractivity contribution in [3.63, 3.8) is 0 Å². The summed E-state index contributed by atoms with van der Waals surface area (Å²) >= 11 is 0. The van der Waals surface area contributed by atoms with Crippen molar-refractivity contribution in [2.45, 2.75) is 46.0 Å². The summed E-state index contributed by atoms with van der Waals surface area (Å²) in [7, 11) is 0. The van der Waals surface area contributed by atoms with Crippen LogP contribution in [0.5, 0.6) is 0 Å². The second kappa shape index (κ2) is 10.4. The number of rotatable bonds is 10. The molecule has 1 aromatic carbocycles. The lowest BCUT2D eigenvalue weighted by atomic mass is 9.88. The van der Waals surface area contributed by atoms with E-state index in [4.69, 9.17) is 10.5 Å². The predicted octanol–water partition coefficient (Wildman–Crippen LogP) is 3.56. The normalized spacial score (nSPS) is 12.4. The Balaban J connectivity index is 2.13. The highest BCUT2D eigenvalue weighted by Crippen LogP contribution is 2.20. The Morgan fingerprint density at radius 1 is 1.19 bits per heavy atom. The van der Waals surface area contributed by atoms with E-state index >= 15 is 0 Å². The minimum atomic E-state index is -0.0780. The smallest absolute Gasteiger partial charge is 0.305 e. The SMILES string of the molecule is CC(C)C(CCN)CCC(=O)OCCCc1ccccc1. The van der Waals surface area contributed by atoms with Crippen LogP contribution in [0.25, 0.3) is 0 Å². The standard InChI is InChI=1S/C18H29NO2/c1-15(2)17(12-13-19)10-11-18(20)21-14-6-9-16-7-4-3-5-8-16/h3-5,7-8,15,17H,6,9-14,19H2,1-2H3. The molecule has 1 rings (SSSR count). The van der Waals surface area contributed by atoms with Crippen LogP contribution < -0.4 is 5.73 Å². The summed E-state index contributed by atoms with van der Waals surface area (Å²) in [6, 6.07) is 10.3. The Morgan fingerprint density at radius 3 is 2.52 bits per heavy atom. The number of hydrogen-bond donors (Lipinski definition) is 1. The fourth-order valence-corrected chi connectivity index (χ4v) is 2.51. The van der Waals surface area contributed by atoms with Crippen LogP contribution >= 0.6 is 0 Å². The lowest BCUT2D eigenvalue weighted by Gasteiger charge is -2.19. The molecule has 3 heteroatoms. The summed E-state index contributed by atoms with van der Waals surface area (Å²) in [5.74, 6) is 1.01. The number of aryl methyl sites for hydroxylation is 1. The molecule has 0 heterocycles. The number of benzene rings is 1. The topological polar surface area (TPSA) is 52.3 Å². The molecule has 1 unspecified atom stereocenters. The van der Waals surface area contributed by atoms with E-state index in [2.05, 4.69) is 26.0 Å². The van der Waals surface area contributed by atoms with Gasteiger partial charge in [-0.25, -0.2) is 0 Å².